The second-order valence-corrected chi connectivity index (χ2v) is 8.13. The summed E-state index contributed by atoms with van der Waals surface area (Å²) in [4.78, 5) is 11.7. The molecule has 0 aliphatic heterocycles. The number of aliphatic hydroxyl groups is 1. The van der Waals surface area contributed by atoms with E-state index < -0.39 is 5.60 Å². The third-order valence-corrected chi connectivity index (χ3v) is 6.05. The maximum absolute atomic E-state index is 11.7. The molecule has 4 rings (SSSR count). The maximum atomic E-state index is 11.7. The lowest BCUT2D eigenvalue weighted by Crippen LogP contribution is -2.32. The van der Waals surface area contributed by atoms with Gasteiger partial charge in [-0.15, -0.1) is 0 Å². The minimum atomic E-state index is -1.02. The van der Waals surface area contributed by atoms with Gasteiger partial charge in [-0.1, -0.05) is 31.2 Å². The fourth-order valence-electron chi connectivity index (χ4n) is 4.13. The number of carbonyl (C=O) groups is 1. The van der Waals surface area contributed by atoms with Gasteiger partial charge in [-0.25, -0.2) is 0 Å². The number of ketones is 1. The Kier molecular flexibility index (Phi) is 5.11. The van der Waals surface area contributed by atoms with Gasteiger partial charge in [0.2, 0.25) is 0 Å². The Morgan fingerprint density at radius 1 is 1.18 bits per heavy atom. The molecule has 2 atom stereocenters. The Morgan fingerprint density at radius 3 is 2.57 bits per heavy atom. The van der Waals surface area contributed by atoms with Crippen molar-refractivity contribution in [3.05, 3.63) is 59.7 Å². The number of carbonyl (C=O) groups excluding carboxylic acids is 1. The van der Waals surface area contributed by atoms with Crippen molar-refractivity contribution in [3.8, 4) is 0 Å². The molecular formula is C23H28N2O3. The van der Waals surface area contributed by atoms with Gasteiger partial charge in [0.05, 0.1) is 24.5 Å². The molecule has 0 radical (unpaired) electrons. The van der Waals surface area contributed by atoms with E-state index in [1.807, 2.05) is 16.8 Å². The lowest BCUT2D eigenvalue weighted by Gasteiger charge is -2.29. The number of nitrogens with zero attached hydrogens (tertiary/aromatic N) is 2. The average molecular weight is 380 g/mol. The second kappa shape index (κ2) is 7.55. The fraction of sp³-hybridized carbons (Fsp3) is 0.478. The molecule has 0 amide bonds. The van der Waals surface area contributed by atoms with Crippen LogP contribution in [0.3, 0.4) is 0 Å². The molecule has 148 valence electrons. The second-order valence-electron chi connectivity index (χ2n) is 8.13. The number of methoxy groups -OCH3 is 1. The Hall–Kier alpha value is -2.40. The molecule has 0 aromatic carbocycles. The van der Waals surface area contributed by atoms with E-state index in [1.165, 1.54) is 0 Å². The van der Waals surface area contributed by atoms with E-state index >= 15 is 0 Å². The molecule has 28 heavy (non-hydrogen) atoms. The normalized spacial score (nSPS) is 26.8. The van der Waals surface area contributed by atoms with Crippen LogP contribution in [0.25, 0.3) is 5.57 Å². The Labute approximate surface area is 166 Å². The molecule has 3 aliphatic carbocycles. The van der Waals surface area contributed by atoms with Crippen molar-refractivity contribution < 1.29 is 14.6 Å². The van der Waals surface area contributed by atoms with Gasteiger partial charge >= 0.3 is 0 Å². The van der Waals surface area contributed by atoms with E-state index in [2.05, 4.69) is 37.3 Å². The molecule has 0 bridgehead atoms. The lowest BCUT2D eigenvalue weighted by molar-refractivity contribution is -0.126. The summed E-state index contributed by atoms with van der Waals surface area (Å²) < 4.78 is 7.33. The maximum Gasteiger partial charge on any atom is 0.133 e. The molecule has 0 saturated heterocycles. The smallest absolute Gasteiger partial charge is 0.133 e. The van der Waals surface area contributed by atoms with Gasteiger partial charge in [-0.3, -0.25) is 9.48 Å². The SMILES string of the molecule is COC1=CCC(n2nc(C3(O)CCC(=O)CC3)cc2C2=CCC(C)C=C2)C=C1. The van der Waals surface area contributed by atoms with Gasteiger partial charge in [0, 0.05) is 12.8 Å². The van der Waals surface area contributed by atoms with Gasteiger partial charge in [-0.05, 0) is 55.4 Å². The molecule has 0 spiro atoms. The summed E-state index contributed by atoms with van der Waals surface area (Å²) in [6.45, 7) is 2.20. The molecular weight excluding hydrogens is 352 g/mol. The summed E-state index contributed by atoms with van der Waals surface area (Å²) in [7, 11) is 1.67. The molecule has 1 heterocycles. The average Bonchev–Trinajstić information content (AvgIpc) is 3.17. The van der Waals surface area contributed by atoms with Crippen LogP contribution >= 0.6 is 0 Å². The monoisotopic (exact) mass is 380 g/mol. The highest BCUT2D eigenvalue weighted by atomic mass is 16.5. The summed E-state index contributed by atoms with van der Waals surface area (Å²) in [5.74, 6) is 1.62. The van der Waals surface area contributed by atoms with Crippen LogP contribution in [0.5, 0.6) is 0 Å². The number of ether oxygens (including phenoxy) is 1. The fourth-order valence-corrected chi connectivity index (χ4v) is 4.13. The molecule has 1 N–H and O–H groups in total. The van der Waals surface area contributed by atoms with Gasteiger partial charge in [0.15, 0.2) is 0 Å². The van der Waals surface area contributed by atoms with Crippen molar-refractivity contribution in [2.24, 2.45) is 5.92 Å². The Bertz CT molecular complexity index is 878. The largest absolute Gasteiger partial charge is 0.497 e. The summed E-state index contributed by atoms with van der Waals surface area (Å²) in [6.07, 6.45) is 16.3. The zero-order valence-corrected chi connectivity index (χ0v) is 16.6. The molecule has 1 aromatic heterocycles. The quantitative estimate of drug-likeness (QED) is 0.849. The van der Waals surface area contributed by atoms with E-state index in [9.17, 15) is 9.90 Å². The Morgan fingerprint density at radius 2 is 1.96 bits per heavy atom. The van der Waals surface area contributed by atoms with Crippen LogP contribution < -0.4 is 0 Å². The van der Waals surface area contributed by atoms with E-state index in [-0.39, 0.29) is 11.8 Å². The van der Waals surface area contributed by atoms with Crippen molar-refractivity contribution in [1.82, 2.24) is 9.78 Å². The van der Waals surface area contributed by atoms with Gasteiger partial charge in [0.1, 0.15) is 17.1 Å². The van der Waals surface area contributed by atoms with E-state index in [0.29, 0.717) is 37.3 Å². The standard InChI is InChI=1S/C23H28N2O3/c1-16-3-5-17(6-4-16)21-15-22(23(27)13-11-19(26)12-14-23)24-25(21)18-7-9-20(28-2)10-8-18/h3,5-7,9-10,15-16,18,27H,4,8,11-14H2,1-2H3. The molecule has 5 heteroatoms. The van der Waals surface area contributed by atoms with Crippen molar-refractivity contribution in [2.45, 2.75) is 57.1 Å². The van der Waals surface area contributed by atoms with Crippen LogP contribution in [-0.4, -0.2) is 27.8 Å². The van der Waals surface area contributed by atoms with E-state index in [1.54, 1.807) is 7.11 Å². The van der Waals surface area contributed by atoms with Gasteiger partial charge < -0.3 is 9.84 Å². The first-order chi connectivity index (χ1) is 13.5. The number of hydrogen-bond donors (Lipinski definition) is 1. The number of allylic oxidation sites excluding steroid dienone is 7. The molecule has 2 unspecified atom stereocenters. The zero-order valence-electron chi connectivity index (χ0n) is 16.6. The van der Waals surface area contributed by atoms with E-state index in [4.69, 9.17) is 9.84 Å². The Balaban J connectivity index is 1.71. The molecule has 1 fully saturated rings. The number of aromatic nitrogens is 2. The first-order valence-electron chi connectivity index (χ1n) is 10.1. The van der Waals surface area contributed by atoms with Crippen molar-refractivity contribution in [2.75, 3.05) is 7.11 Å². The molecule has 1 aromatic rings. The van der Waals surface area contributed by atoms with Crippen LogP contribution in [0, 0.1) is 5.92 Å². The highest BCUT2D eigenvalue weighted by molar-refractivity contribution is 5.79. The zero-order chi connectivity index (χ0) is 19.7. The first-order valence-corrected chi connectivity index (χ1v) is 10.1. The van der Waals surface area contributed by atoms with Crippen molar-refractivity contribution in [1.29, 1.82) is 0 Å². The van der Waals surface area contributed by atoms with Gasteiger partial charge in [-0.2, -0.15) is 5.10 Å². The van der Waals surface area contributed by atoms with Crippen LogP contribution in [0.4, 0.5) is 0 Å². The summed E-state index contributed by atoms with van der Waals surface area (Å²) in [6, 6.07) is 2.09. The number of Topliss-reactive ketones (excluding diaryl/α,β-unsaturated/α-hetero) is 1. The molecule has 3 aliphatic rings. The summed E-state index contributed by atoms with van der Waals surface area (Å²) in [5, 5.41) is 16.1. The van der Waals surface area contributed by atoms with Crippen LogP contribution in [-0.2, 0) is 15.1 Å². The van der Waals surface area contributed by atoms with E-state index in [0.717, 1.165) is 29.9 Å². The van der Waals surface area contributed by atoms with Crippen molar-refractivity contribution in [3.63, 3.8) is 0 Å². The molecule has 1 saturated carbocycles. The number of hydrogen-bond acceptors (Lipinski definition) is 4. The van der Waals surface area contributed by atoms with Crippen molar-refractivity contribution >= 4 is 11.4 Å². The topological polar surface area (TPSA) is 64.3 Å². The first kappa shape index (κ1) is 18.9. The third-order valence-electron chi connectivity index (χ3n) is 6.05. The van der Waals surface area contributed by atoms with Gasteiger partial charge in [0.25, 0.3) is 0 Å². The van der Waals surface area contributed by atoms with Crippen LogP contribution in [0.1, 0.15) is 62.9 Å². The van der Waals surface area contributed by atoms with Crippen LogP contribution in [0.2, 0.25) is 0 Å². The third kappa shape index (κ3) is 3.63. The predicted molar refractivity (Wildman–Crippen MR) is 108 cm³/mol. The summed E-state index contributed by atoms with van der Waals surface area (Å²) in [5.41, 5.74) is 1.82. The minimum absolute atomic E-state index is 0.0742. The highest BCUT2D eigenvalue weighted by Gasteiger charge is 2.37. The van der Waals surface area contributed by atoms with Crippen LogP contribution in [0.15, 0.2) is 48.3 Å². The highest BCUT2D eigenvalue weighted by Crippen LogP contribution is 2.38. The number of rotatable bonds is 4. The summed E-state index contributed by atoms with van der Waals surface area (Å²) >= 11 is 0. The molecule has 5 nitrogen and oxygen atoms in total. The lowest BCUT2D eigenvalue weighted by atomic mass is 9.81. The predicted octanol–water partition coefficient (Wildman–Crippen LogP) is 4.22. The minimum Gasteiger partial charge on any atom is -0.497 e.